The molecule has 1 aliphatic rings. The molecule has 0 unspecified atom stereocenters. The van der Waals surface area contributed by atoms with E-state index in [1.54, 1.807) is 0 Å². The van der Waals surface area contributed by atoms with Crippen LogP contribution in [0.4, 0.5) is 5.69 Å². The molecule has 2 rings (SSSR count). The number of halogens is 1. The van der Waals surface area contributed by atoms with Crippen LogP contribution in [0.2, 0.25) is 0 Å². The molecule has 1 amide bonds. The molecule has 0 atom stereocenters. The van der Waals surface area contributed by atoms with Crippen molar-refractivity contribution >= 4 is 24.0 Å². The molecule has 1 aromatic rings. The number of carbonyl (C=O) groups excluding carboxylic acids is 1. The van der Waals surface area contributed by atoms with Crippen molar-refractivity contribution in [2.24, 2.45) is 11.8 Å². The number of rotatable bonds is 6. The largest absolute Gasteiger partial charge is 0.399 e. The molecular weight excluding hydrogens is 296 g/mol. The van der Waals surface area contributed by atoms with Crippen molar-refractivity contribution in [2.45, 2.75) is 51.9 Å². The van der Waals surface area contributed by atoms with E-state index in [2.05, 4.69) is 12.2 Å². The number of para-hydroxylation sites is 1. The van der Waals surface area contributed by atoms with E-state index in [0.717, 1.165) is 30.1 Å². The predicted molar refractivity (Wildman–Crippen MR) is 95.2 cm³/mol. The zero-order valence-electron chi connectivity index (χ0n) is 13.5. The van der Waals surface area contributed by atoms with Gasteiger partial charge in [0.2, 0.25) is 5.91 Å². The molecular formula is C18H29ClN2O. The fraction of sp³-hybridized carbons (Fsp3) is 0.611. The second-order valence-electron chi connectivity index (χ2n) is 6.30. The molecule has 1 fully saturated rings. The van der Waals surface area contributed by atoms with Gasteiger partial charge < -0.3 is 11.1 Å². The van der Waals surface area contributed by atoms with Crippen LogP contribution in [-0.2, 0) is 11.2 Å². The average Bonchev–Trinajstić information content (AvgIpc) is 2.52. The van der Waals surface area contributed by atoms with Gasteiger partial charge in [-0.2, -0.15) is 0 Å². The van der Waals surface area contributed by atoms with E-state index in [-0.39, 0.29) is 18.3 Å². The number of nitrogens with two attached hydrogens (primary N) is 1. The van der Waals surface area contributed by atoms with Gasteiger partial charge in [-0.1, -0.05) is 44.4 Å². The zero-order valence-corrected chi connectivity index (χ0v) is 14.3. The van der Waals surface area contributed by atoms with Crippen LogP contribution in [0.3, 0.4) is 0 Å². The van der Waals surface area contributed by atoms with Crippen molar-refractivity contribution < 1.29 is 4.79 Å². The Bertz CT molecular complexity index is 456. The normalized spacial score (nSPS) is 21.0. The molecule has 0 bridgehead atoms. The lowest BCUT2D eigenvalue weighted by Gasteiger charge is -2.27. The number of nitrogen functional groups attached to an aromatic ring is 1. The van der Waals surface area contributed by atoms with E-state index in [0.29, 0.717) is 12.3 Å². The summed E-state index contributed by atoms with van der Waals surface area (Å²) in [6.45, 7) is 3.13. The number of amides is 1. The first-order valence-electron chi connectivity index (χ1n) is 8.29. The fourth-order valence-corrected chi connectivity index (χ4v) is 3.20. The van der Waals surface area contributed by atoms with Crippen molar-refractivity contribution in [1.29, 1.82) is 0 Å². The van der Waals surface area contributed by atoms with Crippen LogP contribution < -0.4 is 11.1 Å². The van der Waals surface area contributed by atoms with Gasteiger partial charge in [-0.15, -0.1) is 12.4 Å². The van der Waals surface area contributed by atoms with Gasteiger partial charge in [0.25, 0.3) is 0 Å². The Labute approximate surface area is 140 Å². The molecule has 0 spiro atoms. The highest BCUT2D eigenvalue weighted by atomic mass is 35.5. The van der Waals surface area contributed by atoms with Crippen LogP contribution in [0, 0.1) is 11.8 Å². The van der Waals surface area contributed by atoms with Crippen molar-refractivity contribution in [3.63, 3.8) is 0 Å². The first-order chi connectivity index (χ1) is 10.2. The van der Waals surface area contributed by atoms with Crippen LogP contribution >= 0.6 is 12.4 Å². The highest BCUT2D eigenvalue weighted by Gasteiger charge is 2.20. The topological polar surface area (TPSA) is 55.1 Å². The van der Waals surface area contributed by atoms with Crippen LogP contribution in [0.15, 0.2) is 24.3 Å². The number of nitrogens with one attached hydrogen (secondary N) is 1. The second kappa shape index (κ2) is 9.73. The Morgan fingerprint density at radius 3 is 2.45 bits per heavy atom. The summed E-state index contributed by atoms with van der Waals surface area (Å²) in [5.41, 5.74) is 7.74. The van der Waals surface area contributed by atoms with E-state index >= 15 is 0 Å². The van der Waals surface area contributed by atoms with E-state index < -0.39 is 0 Å². The van der Waals surface area contributed by atoms with Crippen LogP contribution in [0.25, 0.3) is 0 Å². The number of anilines is 1. The van der Waals surface area contributed by atoms with Gasteiger partial charge in [0.1, 0.15) is 0 Å². The van der Waals surface area contributed by atoms with Gasteiger partial charge in [-0.05, 0) is 42.7 Å². The Balaban J connectivity index is 0.00000242. The summed E-state index contributed by atoms with van der Waals surface area (Å²) in [6, 6.07) is 7.77. The first-order valence-corrected chi connectivity index (χ1v) is 8.29. The van der Waals surface area contributed by atoms with E-state index in [4.69, 9.17) is 5.73 Å². The molecule has 0 heterocycles. The molecule has 3 nitrogen and oxygen atoms in total. The van der Waals surface area contributed by atoms with Gasteiger partial charge in [-0.3, -0.25) is 4.79 Å². The third kappa shape index (κ3) is 5.88. The summed E-state index contributed by atoms with van der Waals surface area (Å²) < 4.78 is 0. The Morgan fingerprint density at radius 1 is 1.18 bits per heavy atom. The van der Waals surface area contributed by atoms with Gasteiger partial charge in [0.05, 0.1) is 0 Å². The Morgan fingerprint density at radius 2 is 1.82 bits per heavy atom. The van der Waals surface area contributed by atoms with Crippen molar-refractivity contribution in [3.8, 4) is 0 Å². The monoisotopic (exact) mass is 324 g/mol. The molecule has 124 valence electrons. The van der Waals surface area contributed by atoms with E-state index in [9.17, 15) is 4.79 Å². The number of hydrogen-bond acceptors (Lipinski definition) is 2. The van der Waals surface area contributed by atoms with Gasteiger partial charge in [0, 0.05) is 18.7 Å². The minimum atomic E-state index is 0. The molecule has 0 aliphatic heterocycles. The number of benzene rings is 1. The summed E-state index contributed by atoms with van der Waals surface area (Å²) >= 11 is 0. The van der Waals surface area contributed by atoms with Gasteiger partial charge in [-0.25, -0.2) is 0 Å². The minimum absolute atomic E-state index is 0. The van der Waals surface area contributed by atoms with Crippen molar-refractivity contribution in [1.82, 2.24) is 5.32 Å². The summed E-state index contributed by atoms with van der Waals surface area (Å²) in [4.78, 5) is 11.9. The minimum Gasteiger partial charge on any atom is -0.399 e. The summed E-state index contributed by atoms with van der Waals surface area (Å²) in [5.74, 6) is 1.74. The van der Waals surface area contributed by atoms with Crippen molar-refractivity contribution in [3.05, 3.63) is 29.8 Å². The highest BCUT2D eigenvalue weighted by Crippen LogP contribution is 2.30. The molecule has 0 radical (unpaired) electrons. The third-order valence-electron chi connectivity index (χ3n) is 4.81. The maximum absolute atomic E-state index is 11.9. The van der Waals surface area contributed by atoms with Gasteiger partial charge in [0.15, 0.2) is 0 Å². The van der Waals surface area contributed by atoms with Crippen LogP contribution in [0.1, 0.15) is 51.0 Å². The Kier molecular flexibility index (Phi) is 8.32. The lowest BCUT2D eigenvalue weighted by atomic mass is 9.81. The predicted octanol–water partition coefficient (Wildman–Crippen LogP) is 3.96. The maximum atomic E-state index is 11.9. The lowest BCUT2D eigenvalue weighted by molar-refractivity contribution is -0.121. The lowest BCUT2D eigenvalue weighted by Crippen LogP contribution is -2.31. The average molecular weight is 325 g/mol. The summed E-state index contributed by atoms with van der Waals surface area (Å²) in [7, 11) is 0. The smallest absolute Gasteiger partial charge is 0.220 e. The molecule has 22 heavy (non-hydrogen) atoms. The Hall–Kier alpha value is -1.22. The van der Waals surface area contributed by atoms with Crippen molar-refractivity contribution in [2.75, 3.05) is 12.3 Å². The van der Waals surface area contributed by atoms with E-state index in [1.807, 2.05) is 24.3 Å². The number of aryl methyl sites for hydroxylation is 1. The SMILES string of the molecule is CCC1CCC(CNC(=O)CCc2ccccc2N)CC1.Cl. The zero-order chi connectivity index (χ0) is 15.1. The quantitative estimate of drug-likeness (QED) is 0.778. The van der Waals surface area contributed by atoms with E-state index in [1.165, 1.54) is 32.1 Å². The summed E-state index contributed by atoms with van der Waals surface area (Å²) in [5, 5.41) is 3.10. The molecule has 0 aromatic heterocycles. The second-order valence-corrected chi connectivity index (χ2v) is 6.30. The highest BCUT2D eigenvalue weighted by molar-refractivity contribution is 5.85. The number of hydrogen-bond donors (Lipinski definition) is 2. The molecule has 1 aliphatic carbocycles. The first kappa shape index (κ1) is 18.8. The standard InChI is InChI=1S/C18H28N2O.ClH/c1-2-14-7-9-15(10-8-14)13-20-18(21)12-11-16-5-3-4-6-17(16)19;/h3-6,14-15H,2,7-13,19H2,1H3,(H,20,21);1H. The molecule has 0 saturated heterocycles. The number of carbonyl (C=O) groups is 1. The van der Waals surface area contributed by atoms with Crippen LogP contribution in [0.5, 0.6) is 0 Å². The maximum Gasteiger partial charge on any atom is 0.220 e. The van der Waals surface area contributed by atoms with Crippen LogP contribution in [-0.4, -0.2) is 12.5 Å². The molecule has 1 saturated carbocycles. The molecule has 4 heteroatoms. The third-order valence-corrected chi connectivity index (χ3v) is 4.81. The fourth-order valence-electron chi connectivity index (χ4n) is 3.20. The van der Waals surface area contributed by atoms with Gasteiger partial charge >= 0.3 is 0 Å². The molecule has 3 N–H and O–H groups in total. The molecule has 1 aromatic carbocycles. The summed E-state index contributed by atoms with van der Waals surface area (Å²) in [6.07, 6.45) is 7.75.